The van der Waals surface area contributed by atoms with Gasteiger partial charge >= 0.3 is 0 Å². The number of hydrogen-bond acceptors (Lipinski definition) is 4. The zero-order valence-electron chi connectivity index (χ0n) is 17.9. The Morgan fingerprint density at radius 1 is 1.03 bits per heavy atom. The number of aliphatic imine (C=N–C) groups is 1. The van der Waals surface area contributed by atoms with Gasteiger partial charge in [-0.1, -0.05) is 60.1 Å². The van der Waals surface area contributed by atoms with Gasteiger partial charge in [-0.3, -0.25) is 0 Å². The van der Waals surface area contributed by atoms with Crippen LogP contribution in [0.1, 0.15) is 23.1 Å². The number of nitrogens with zero attached hydrogens (tertiary/aromatic N) is 2. The third kappa shape index (κ3) is 6.82. The first-order valence-electron chi connectivity index (χ1n) is 10.2. The normalized spacial score (nSPS) is 12.4. The molecule has 0 atom stereocenters. The van der Waals surface area contributed by atoms with Crippen molar-refractivity contribution in [1.82, 2.24) is 5.32 Å². The Kier molecular flexibility index (Phi) is 10.2. The van der Waals surface area contributed by atoms with Crippen molar-refractivity contribution in [3.05, 3.63) is 106 Å². The SMILES string of the molecule is CNC1=Nc2ccc(Cl)cc2C(c2ccccc2)=[N+]([O-])C1.Cl.OCCCc1ccccc1. The first-order valence-corrected chi connectivity index (χ1v) is 10.6. The van der Waals surface area contributed by atoms with Crippen molar-refractivity contribution in [1.29, 1.82) is 0 Å². The molecule has 168 valence electrons. The van der Waals surface area contributed by atoms with Gasteiger partial charge in [0.15, 0.2) is 5.84 Å². The van der Waals surface area contributed by atoms with Crippen LogP contribution in [0.2, 0.25) is 5.02 Å². The molecule has 3 aromatic carbocycles. The Balaban J connectivity index is 0.000000280. The molecular formula is C25H27Cl2N3O2. The second-order valence-corrected chi connectivity index (χ2v) is 7.47. The Morgan fingerprint density at radius 2 is 1.69 bits per heavy atom. The van der Waals surface area contributed by atoms with Crippen LogP contribution in [0.25, 0.3) is 0 Å². The molecule has 0 unspecified atom stereocenters. The minimum absolute atomic E-state index is 0. The van der Waals surface area contributed by atoms with E-state index in [0.29, 0.717) is 16.6 Å². The molecule has 0 aliphatic carbocycles. The maximum Gasteiger partial charge on any atom is 0.228 e. The molecule has 32 heavy (non-hydrogen) atoms. The number of halogens is 2. The lowest BCUT2D eigenvalue weighted by atomic mass is 10.0. The molecule has 7 heteroatoms. The van der Waals surface area contributed by atoms with Gasteiger partial charge in [0.05, 0.1) is 11.3 Å². The van der Waals surface area contributed by atoms with Gasteiger partial charge in [0.1, 0.15) is 0 Å². The summed E-state index contributed by atoms with van der Waals surface area (Å²) in [7, 11) is 1.76. The topological polar surface area (TPSA) is 70.7 Å². The summed E-state index contributed by atoms with van der Waals surface area (Å²) in [5.74, 6) is 0.625. The van der Waals surface area contributed by atoms with Crippen LogP contribution in [0.15, 0.2) is 83.9 Å². The first-order chi connectivity index (χ1) is 15.1. The first kappa shape index (κ1) is 25.4. The summed E-state index contributed by atoms with van der Waals surface area (Å²) in [5, 5.41) is 24.6. The Bertz CT molecular complexity index is 1060. The van der Waals surface area contributed by atoms with Gasteiger partial charge in [0, 0.05) is 24.2 Å². The maximum absolute atomic E-state index is 12.6. The van der Waals surface area contributed by atoms with Crippen molar-refractivity contribution in [2.75, 3.05) is 20.2 Å². The highest BCUT2D eigenvalue weighted by atomic mass is 35.5. The monoisotopic (exact) mass is 471 g/mol. The number of aliphatic hydroxyl groups is 1. The van der Waals surface area contributed by atoms with E-state index in [0.717, 1.165) is 34.4 Å². The number of hydroxylamine groups is 1. The third-order valence-electron chi connectivity index (χ3n) is 4.81. The standard InChI is InChI=1S/C16H14ClN3O.C9H12O.ClH/c1-18-15-10-20(21)16(11-5-3-2-4-6-11)13-9-12(17)7-8-14(13)19-15;10-8-4-7-9-5-2-1-3-6-9;/h2-9H,10H2,1H3,(H,18,19);1-3,5-6,10H,4,7-8H2;1H. The lowest BCUT2D eigenvalue weighted by Gasteiger charge is -2.10. The maximum atomic E-state index is 12.6. The van der Waals surface area contributed by atoms with Gasteiger partial charge < -0.3 is 15.6 Å². The summed E-state index contributed by atoms with van der Waals surface area (Å²) in [6.45, 7) is 0.460. The minimum Gasteiger partial charge on any atom is -0.623 e. The molecule has 0 fully saturated rings. The lowest BCUT2D eigenvalue weighted by Crippen LogP contribution is -2.29. The molecule has 3 aromatic rings. The van der Waals surface area contributed by atoms with Crippen LogP contribution in [-0.2, 0) is 6.42 Å². The number of rotatable bonds is 4. The number of fused-ring (bicyclic) bond motifs is 1. The number of nitrogens with one attached hydrogen (secondary N) is 1. The van der Waals surface area contributed by atoms with Gasteiger partial charge in [-0.2, -0.15) is 4.74 Å². The van der Waals surface area contributed by atoms with E-state index >= 15 is 0 Å². The number of amidine groups is 1. The fraction of sp³-hybridized carbons (Fsp3) is 0.200. The van der Waals surface area contributed by atoms with Crippen LogP contribution in [0.3, 0.4) is 0 Å². The van der Waals surface area contributed by atoms with Crippen molar-refractivity contribution in [2.24, 2.45) is 4.99 Å². The molecule has 4 rings (SSSR count). The molecule has 5 nitrogen and oxygen atoms in total. The number of likely N-dealkylation sites (N-methyl/N-ethyl adjacent to an activating group) is 1. The molecule has 0 aromatic heterocycles. The zero-order valence-corrected chi connectivity index (χ0v) is 19.4. The summed E-state index contributed by atoms with van der Waals surface area (Å²) in [5.41, 5.74) is 4.22. The van der Waals surface area contributed by atoms with E-state index in [1.165, 1.54) is 5.56 Å². The molecule has 0 saturated heterocycles. The average molecular weight is 472 g/mol. The van der Waals surface area contributed by atoms with E-state index in [1.807, 2.05) is 54.6 Å². The van der Waals surface area contributed by atoms with Gasteiger partial charge in [-0.25, -0.2) is 4.99 Å². The summed E-state index contributed by atoms with van der Waals surface area (Å²) >= 11 is 6.10. The summed E-state index contributed by atoms with van der Waals surface area (Å²) in [6.07, 6.45) is 1.85. The van der Waals surface area contributed by atoms with Crippen molar-refractivity contribution in [3.8, 4) is 0 Å². The number of hydrogen-bond donors (Lipinski definition) is 2. The highest BCUT2D eigenvalue weighted by Gasteiger charge is 2.24. The second-order valence-electron chi connectivity index (χ2n) is 7.03. The van der Waals surface area contributed by atoms with Crippen molar-refractivity contribution in [2.45, 2.75) is 12.8 Å². The lowest BCUT2D eigenvalue weighted by molar-refractivity contribution is -0.439. The van der Waals surface area contributed by atoms with E-state index in [4.69, 9.17) is 16.7 Å². The van der Waals surface area contributed by atoms with E-state index in [1.54, 1.807) is 19.2 Å². The highest BCUT2D eigenvalue weighted by molar-refractivity contribution is 6.31. The molecule has 0 amide bonds. The van der Waals surface area contributed by atoms with Crippen molar-refractivity contribution in [3.63, 3.8) is 0 Å². The van der Waals surface area contributed by atoms with E-state index in [9.17, 15) is 5.21 Å². The largest absolute Gasteiger partial charge is 0.623 e. The van der Waals surface area contributed by atoms with Gasteiger partial charge in [0.25, 0.3) is 0 Å². The highest BCUT2D eigenvalue weighted by Crippen LogP contribution is 2.28. The molecule has 0 radical (unpaired) electrons. The summed E-state index contributed by atoms with van der Waals surface area (Å²) in [4.78, 5) is 4.51. The van der Waals surface area contributed by atoms with Gasteiger partial charge in [0.2, 0.25) is 12.3 Å². The minimum atomic E-state index is 0. The van der Waals surface area contributed by atoms with Crippen LogP contribution in [0, 0.1) is 5.21 Å². The average Bonchev–Trinajstić information content (AvgIpc) is 2.94. The Hall–Kier alpha value is -2.86. The van der Waals surface area contributed by atoms with E-state index in [2.05, 4.69) is 22.4 Å². The van der Waals surface area contributed by atoms with Crippen LogP contribution >= 0.6 is 24.0 Å². The predicted molar refractivity (Wildman–Crippen MR) is 135 cm³/mol. The number of aliphatic hydroxyl groups excluding tert-OH is 1. The molecule has 0 bridgehead atoms. The molecule has 1 heterocycles. The zero-order chi connectivity index (χ0) is 22.1. The van der Waals surface area contributed by atoms with E-state index in [-0.39, 0.29) is 25.6 Å². The Labute approximate surface area is 200 Å². The Morgan fingerprint density at radius 3 is 2.31 bits per heavy atom. The van der Waals surface area contributed by atoms with Gasteiger partial charge in [-0.05, 0) is 48.7 Å². The molecule has 1 aliphatic rings. The molecule has 0 saturated carbocycles. The number of aryl methyl sites for hydroxylation is 1. The van der Waals surface area contributed by atoms with Crippen molar-refractivity contribution >= 4 is 41.2 Å². The second kappa shape index (κ2) is 12.9. The fourth-order valence-corrected chi connectivity index (χ4v) is 3.46. The summed E-state index contributed by atoms with van der Waals surface area (Å²) in [6, 6.07) is 25.2. The molecule has 1 aliphatic heterocycles. The van der Waals surface area contributed by atoms with Crippen LogP contribution in [0.4, 0.5) is 5.69 Å². The number of benzene rings is 3. The quantitative estimate of drug-likeness (QED) is 0.416. The predicted octanol–water partition coefficient (Wildman–Crippen LogP) is 4.98. The molecule has 2 N–H and O–H groups in total. The molecular weight excluding hydrogens is 445 g/mol. The van der Waals surface area contributed by atoms with Gasteiger partial charge in [-0.15, -0.1) is 12.4 Å². The van der Waals surface area contributed by atoms with Crippen LogP contribution in [0.5, 0.6) is 0 Å². The van der Waals surface area contributed by atoms with E-state index < -0.39 is 0 Å². The van der Waals surface area contributed by atoms with Crippen LogP contribution in [-0.4, -0.2) is 41.6 Å². The third-order valence-corrected chi connectivity index (χ3v) is 5.05. The van der Waals surface area contributed by atoms with Crippen molar-refractivity contribution < 1.29 is 9.85 Å². The summed E-state index contributed by atoms with van der Waals surface area (Å²) < 4.78 is 0.951. The van der Waals surface area contributed by atoms with Crippen LogP contribution < -0.4 is 5.32 Å². The fourth-order valence-electron chi connectivity index (χ4n) is 3.28. The smallest absolute Gasteiger partial charge is 0.228 e. The molecule has 0 spiro atoms.